The Balaban J connectivity index is 1.17. The standard InChI is InChI=1S/C22H21N7O3/c1-15-4-5-19(23-14-15)24-20-6-7-21(26-25-20)28-8-10-29(11-9-28)22(30)16-13-18(32-27-16)17-3-2-12-31-17/h2-7,12-14H,8-11H2,1H3,(H,23,24,25). The lowest BCUT2D eigenvalue weighted by molar-refractivity contribution is 0.0736. The Hall–Kier alpha value is -4.21. The molecular formula is C22H21N7O3. The maximum absolute atomic E-state index is 12.8. The Kier molecular flexibility index (Phi) is 5.24. The van der Waals surface area contributed by atoms with E-state index in [2.05, 4.69) is 30.6 Å². The van der Waals surface area contributed by atoms with Gasteiger partial charge >= 0.3 is 0 Å². The van der Waals surface area contributed by atoms with Crippen LogP contribution in [0.5, 0.6) is 0 Å². The molecule has 0 unspecified atom stereocenters. The summed E-state index contributed by atoms with van der Waals surface area (Å²) < 4.78 is 10.5. The van der Waals surface area contributed by atoms with Crippen molar-refractivity contribution in [1.29, 1.82) is 0 Å². The van der Waals surface area contributed by atoms with Crippen molar-refractivity contribution in [3.05, 3.63) is 66.2 Å². The molecule has 0 atom stereocenters. The fraction of sp³-hybridized carbons (Fsp3) is 0.227. The van der Waals surface area contributed by atoms with Gasteiger partial charge in [0.25, 0.3) is 5.91 Å². The zero-order chi connectivity index (χ0) is 21.9. The van der Waals surface area contributed by atoms with Crippen molar-refractivity contribution in [3.8, 4) is 11.5 Å². The summed E-state index contributed by atoms with van der Waals surface area (Å²) in [5.41, 5.74) is 1.36. The smallest absolute Gasteiger partial charge is 0.276 e. The molecule has 10 heteroatoms. The van der Waals surface area contributed by atoms with E-state index in [4.69, 9.17) is 8.94 Å². The summed E-state index contributed by atoms with van der Waals surface area (Å²) in [5.74, 6) is 2.91. The van der Waals surface area contributed by atoms with Gasteiger partial charge in [-0.1, -0.05) is 11.2 Å². The maximum Gasteiger partial charge on any atom is 0.276 e. The first kappa shape index (κ1) is 19.7. The number of rotatable bonds is 5. The first-order chi connectivity index (χ1) is 15.7. The van der Waals surface area contributed by atoms with Crippen molar-refractivity contribution in [1.82, 2.24) is 25.2 Å². The SMILES string of the molecule is Cc1ccc(Nc2ccc(N3CCN(C(=O)c4cc(-c5ccco5)on4)CC3)nn2)nc1. The fourth-order valence-corrected chi connectivity index (χ4v) is 3.45. The molecule has 162 valence electrons. The molecule has 1 aliphatic heterocycles. The molecule has 4 aromatic rings. The van der Waals surface area contributed by atoms with Gasteiger partial charge in [0, 0.05) is 38.4 Å². The molecule has 1 aliphatic rings. The summed E-state index contributed by atoms with van der Waals surface area (Å²) in [6.45, 7) is 4.39. The van der Waals surface area contributed by atoms with E-state index in [1.54, 1.807) is 35.6 Å². The van der Waals surface area contributed by atoms with Crippen LogP contribution in [0.2, 0.25) is 0 Å². The number of pyridine rings is 1. The molecule has 0 radical (unpaired) electrons. The maximum atomic E-state index is 12.8. The number of hydrogen-bond acceptors (Lipinski definition) is 9. The summed E-state index contributed by atoms with van der Waals surface area (Å²) in [7, 11) is 0. The van der Waals surface area contributed by atoms with Crippen LogP contribution in [0, 0.1) is 6.92 Å². The van der Waals surface area contributed by atoms with Gasteiger partial charge in [0.05, 0.1) is 6.26 Å². The summed E-state index contributed by atoms with van der Waals surface area (Å²) in [5, 5.41) is 15.6. The van der Waals surface area contributed by atoms with Crippen LogP contribution in [-0.2, 0) is 0 Å². The third-order valence-corrected chi connectivity index (χ3v) is 5.20. The van der Waals surface area contributed by atoms with Crippen LogP contribution in [0.4, 0.5) is 17.5 Å². The van der Waals surface area contributed by atoms with E-state index in [1.165, 1.54) is 0 Å². The molecule has 0 saturated carbocycles. The largest absolute Gasteiger partial charge is 0.461 e. The first-order valence-corrected chi connectivity index (χ1v) is 10.2. The Morgan fingerprint density at radius 1 is 1.00 bits per heavy atom. The van der Waals surface area contributed by atoms with E-state index in [1.807, 2.05) is 31.2 Å². The second kappa shape index (κ2) is 8.50. The van der Waals surface area contributed by atoms with Crippen LogP contribution in [0.1, 0.15) is 16.1 Å². The van der Waals surface area contributed by atoms with Gasteiger partial charge < -0.3 is 24.1 Å². The number of nitrogens with zero attached hydrogens (tertiary/aromatic N) is 6. The topological polar surface area (TPSA) is 113 Å². The number of piperazine rings is 1. The molecule has 5 heterocycles. The van der Waals surface area contributed by atoms with Gasteiger partial charge in [0.2, 0.25) is 5.76 Å². The lowest BCUT2D eigenvalue weighted by atomic mass is 10.2. The number of anilines is 3. The number of amides is 1. The highest BCUT2D eigenvalue weighted by atomic mass is 16.5. The molecule has 10 nitrogen and oxygen atoms in total. The average molecular weight is 431 g/mol. The average Bonchev–Trinajstić information content (AvgIpc) is 3.53. The highest BCUT2D eigenvalue weighted by Gasteiger charge is 2.26. The van der Waals surface area contributed by atoms with Crippen LogP contribution in [0.15, 0.2) is 63.9 Å². The molecule has 0 bridgehead atoms. The van der Waals surface area contributed by atoms with E-state index in [0.717, 1.165) is 11.4 Å². The zero-order valence-corrected chi connectivity index (χ0v) is 17.4. The molecule has 32 heavy (non-hydrogen) atoms. The van der Waals surface area contributed by atoms with E-state index in [-0.39, 0.29) is 11.6 Å². The number of carbonyl (C=O) groups excluding carboxylic acids is 1. The predicted molar refractivity (Wildman–Crippen MR) is 117 cm³/mol. The van der Waals surface area contributed by atoms with Crippen molar-refractivity contribution in [3.63, 3.8) is 0 Å². The number of hydrogen-bond donors (Lipinski definition) is 1. The molecule has 1 fully saturated rings. The summed E-state index contributed by atoms with van der Waals surface area (Å²) >= 11 is 0. The summed E-state index contributed by atoms with van der Waals surface area (Å²) in [6, 6.07) is 12.8. The molecule has 0 aromatic carbocycles. The summed E-state index contributed by atoms with van der Waals surface area (Å²) in [4.78, 5) is 20.9. The van der Waals surface area contributed by atoms with Gasteiger partial charge in [-0.3, -0.25) is 4.79 Å². The fourth-order valence-electron chi connectivity index (χ4n) is 3.45. The molecule has 1 N–H and O–H groups in total. The quantitative estimate of drug-likeness (QED) is 0.509. The highest BCUT2D eigenvalue weighted by Crippen LogP contribution is 2.22. The Morgan fingerprint density at radius 2 is 1.84 bits per heavy atom. The minimum atomic E-state index is -0.164. The van der Waals surface area contributed by atoms with E-state index in [0.29, 0.717) is 49.3 Å². The van der Waals surface area contributed by atoms with Crippen molar-refractivity contribution in [2.75, 3.05) is 36.4 Å². The monoisotopic (exact) mass is 431 g/mol. The van der Waals surface area contributed by atoms with Crippen molar-refractivity contribution < 1.29 is 13.7 Å². The molecule has 0 aliphatic carbocycles. The first-order valence-electron chi connectivity index (χ1n) is 10.2. The second-order valence-electron chi connectivity index (χ2n) is 7.46. The predicted octanol–water partition coefficient (Wildman–Crippen LogP) is 3.13. The van der Waals surface area contributed by atoms with Crippen LogP contribution in [0.25, 0.3) is 11.5 Å². The van der Waals surface area contributed by atoms with Crippen molar-refractivity contribution in [2.24, 2.45) is 0 Å². The minimum absolute atomic E-state index is 0.164. The van der Waals surface area contributed by atoms with E-state index >= 15 is 0 Å². The number of furan rings is 1. The highest BCUT2D eigenvalue weighted by molar-refractivity contribution is 5.93. The van der Waals surface area contributed by atoms with Crippen LogP contribution < -0.4 is 10.2 Å². The number of aromatic nitrogens is 4. The Morgan fingerprint density at radius 3 is 2.53 bits per heavy atom. The number of nitrogens with one attached hydrogen (secondary N) is 1. The molecule has 4 aromatic heterocycles. The van der Waals surface area contributed by atoms with Gasteiger partial charge in [-0.2, -0.15) is 0 Å². The van der Waals surface area contributed by atoms with Crippen molar-refractivity contribution >= 4 is 23.4 Å². The second-order valence-corrected chi connectivity index (χ2v) is 7.46. The normalized spacial score (nSPS) is 13.9. The van der Waals surface area contributed by atoms with Gasteiger partial charge in [-0.25, -0.2) is 4.98 Å². The summed E-state index contributed by atoms with van der Waals surface area (Å²) in [6.07, 6.45) is 3.34. The van der Waals surface area contributed by atoms with Gasteiger partial charge in [-0.15, -0.1) is 10.2 Å². The Labute approximate surface area is 183 Å². The number of aryl methyl sites for hydroxylation is 1. The molecule has 1 saturated heterocycles. The third-order valence-electron chi connectivity index (χ3n) is 5.20. The van der Waals surface area contributed by atoms with E-state index < -0.39 is 0 Å². The lowest BCUT2D eigenvalue weighted by Crippen LogP contribution is -2.49. The molecule has 1 amide bonds. The van der Waals surface area contributed by atoms with Gasteiger partial charge in [0.1, 0.15) is 5.82 Å². The molecular weight excluding hydrogens is 410 g/mol. The van der Waals surface area contributed by atoms with Crippen molar-refractivity contribution in [2.45, 2.75) is 6.92 Å². The van der Waals surface area contributed by atoms with Crippen LogP contribution >= 0.6 is 0 Å². The Bertz CT molecular complexity index is 1180. The van der Waals surface area contributed by atoms with Crippen LogP contribution in [-0.4, -0.2) is 57.3 Å². The molecule has 5 rings (SSSR count). The zero-order valence-electron chi connectivity index (χ0n) is 17.4. The van der Waals surface area contributed by atoms with Crippen LogP contribution in [0.3, 0.4) is 0 Å². The minimum Gasteiger partial charge on any atom is -0.461 e. The number of carbonyl (C=O) groups is 1. The lowest BCUT2D eigenvalue weighted by Gasteiger charge is -2.34. The van der Waals surface area contributed by atoms with E-state index in [9.17, 15) is 4.79 Å². The third kappa shape index (κ3) is 4.15. The van der Waals surface area contributed by atoms with Gasteiger partial charge in [0.15, 0.2) is 23.1 Å². The molecule has 0 spiro atoms. The van der Waals surface area contributed by atoms with Gasteiger partial charge in [-0.05, 0) is 42.8 Å².